The van der Waals surface area contributed by atoms with Crippen LogP contribution in [0.4, 0.5) is 0 Å². The van der Waals surface area contributed by atoms with E-state index in [1.54, 1.807) is 0 Å². The highest BCUT2D eigenvalue weighted by Gasteiger charge is 2.51. The number of esters is 2. The molecule has 1 rings (SSSR count). The molecular formula is C46H79O13P. The van der Waals surface area contributed by atoms with Crippen LogP contribution in [-0.4, -0.2) is 98.3 Å². The van der Waals surface area contributed by atoms with Gasteiger partial charge in [-0.05, 0) is 77.0 Å². The van der Waals surface area contributed by atoms with Gasteiger partial charge in [0, 0.05) is 12.8 Å². The highest BCUT2D eigenvalue weighted by molar-refractivity contribution is 7.47. The van der Waals surface area contributed by atoms with Crippen LogP contribution in [0.25, 0.3) is 0 Å². The summed E-state index contributed by atoms with van der Waals surface area (Å²) in [4.78, 5) is 35.7. The molecule has 0 bridgehead atoms. The summed E-state index contributed by atoms with van der Waals surface area (Å²) in [5.41, 5.74) is 0. The largest absolute Gasteiger partial charge is 0.472 e. The van der Waals surface area contributed by atoms with Gasteiger partial charge in [-0.15, -0.1) is 0 Å². The highest BCUT2D eigenvalue weighted by Crippen LogP contribution is 2.47. The minimum absolute atomic E-state index is 0.0551. The van der Waals surface area contributed by atoms with Crippen LogP contribution in [0.1, 0.15) is 162 Å². The molecule has 8 atom stereocenters. The van der Waals surface area contributed by atoms with Crippen LogP contribution in [0.3, 0.4) is 0 Å². The Morgan fingerprint density at radius 3 is 1.47 bits per heavy atom. The average molecular weight is 871 g/mol. The van der Waals surface area contributed by atoms with Crippen LogP contribution in [0.5, 0.6) is 0 Å². The Morgan fingerprint density at radius 2 is 0.933 bits per heavy atom. The van der Waals surface area contributed by atoms with Gasteiger partial charge >= 0.3 is 19.8 Å². The number of hydrogen-bond donors (Lipinski definition) is 6. The number of ether oxygens (including phenoxy) is 2. The van der Waals surface area contributed by atoms with Crippen LogP contribution in [0, 0.1) is 0 Å². The summed E-state index contributed by atoms with van der Waals surface area (Å²) in [5, 5.41) is 50.1. The van der Waals surface area contributed by atoms with Gasteiger partial charge in [0.15, 0.2) is 6.10 Å². The number of aliphatic hydroxyl groups excluding tert-OH is 5. The molecule has 6 N–H and O–H groups in total. The Morgan fingerprint density at radius 1 is 0.517 bits per heavy atom. The van der Waals surface area contributed by atoms with E-state index in [0.29, 0.717) is 12.8 Å². The SMILES string of the molecule is CCC/C=C/C/C=C/C/C=C/C/C=C/CCCCCC(=O)O[C@H](COC(=O)CCCCCCC/C=C/CCCCCCC)COP(=O)(O)OC1C(O)C(O)C(O)[C@@H](O)C1O. The molecule has 0 aromatic heterocycles. The van der Waals surface area contributed by atoms with Gasteiger partial charge in [-0.3, -0.25) is 18.6 Å². The zero-order valence-electron chi connectivity index (χ0n) is 36.5. The van der Waals surface area contributed by atoms with Crippen molar-refractivity contribution in [2.75, 3.05) is 13.2 Å². The minimum atomic E-state index is -5.13. The summed E-state index contributed by atoms with van der Waals surface area (Å²) in [7, 11) is -5.13. The second kappa shape index (κ2) is 36.1. The number of phosphoric acid groups is 1. The van der Waals surface area contributed by atoms with Crippen molar-refractivity contribution in [3.63, 3.8) is 0 Å². The molecule has 0 heterocycles. The van der Waals surface area contributed by atoms with Crippen LogP contribution in [0.15, 0.2) is 60.8 Å². The molecule has 0 aliphatic heterocycles. The van der Waals surface area contributed by atoms with E-state index < -0.39 is 75.7 Å². The third-order valence-corrected chi connectivity index (χ3v) is 11.0. The summed E-state index contributed by atoms with van der Waals surface area (Å²) in [6.07, 6.45) is 29.9. The van der Waals surface area contributed by atoms with Crippen molar-refractivity contribution < 1.29 is 63.1 Å². The van der Waals surface area contributed by atoms with E-state index in [1.807, 2.05) is 0 Å². The Bertz CT molecular complexity index is 1280. The quantitative estimate of drug-likeness (QED) is 0.0151. The van der Waals surface area contributed by atoms with Crippen molar-refractivity contribution in [1.82, 2.24) is 0 Å². The Hall–Kier alpha value is -2.45. The van der Waals surface area contributed by atoms with Crippen molar-refractivity contribution in [2.45, 2.75) is 204 Å². The number of allylic oxidation sites excluding steroid dienone is 10. The van der Waals surface area contributed by atoms with Gasteiger partial charge in [-0.1, -0.05) is 132 Å². The summed E-state index contributed by atoms with van der Waals surface area (Å²) >= 11 is 0. The molecule has 1 saturated carbocycles. The van der Waals surface area contributed by atoms with Gasteiger partial charge in [0.1, 0.15) is 43.2 Å². The van der Waals surface area contributed by atoms with E-state index in [0.717, 1.165) is 83.5 Å². The number of carbonyl (C=O) groups excluding carboxylic acids is 2. The van der Waals surface area contributed by atoms with Gasteiger partial charge in [-0.2, -0.15) is 0 Å². The van der Waals surface area contributed by atoms with Gasteiger partial charge in [0.25, 0.3) is 0 Å². The molecule has 1 aliphatic rings. The van der Waals surface area contributed by atoms with Crippen LogP contribution >= 0.6 is 7.82 Å². The maximum Gasteiger partial charge on any atom is 0.472 e. The van der Waals surface area contributed by atoms with E-state index in [4.69, 9.17) is 18.5 Å². The predicted octanol–water partition coefficient (Wildman–Crippen LogP) is 8.55. The van der Waals surface area contributed by atoms with E-state index in [1.165, 1.54) is 38.5 Å². The molecule has 346 valence electrons. The lowest BCUT2D eigenvalue weighted by molar-refractivity contribution is -0.220. The summed E-state index contributed by atoms with van der Waals surface area (Å²) in [6, 6.07) is 0. The lowest BCUT2D eigenvalue weighted by atomic mass is 9.85. The lowest BCUT2D eigenvalue weighted by Gasteiger charge is -2.41. The van der Waals surface area contributed by atoms with E-state index in [-0.39, 0.29) is 12.8 Å². The number of carbonyl (C=O) groups is 2. The third kappa shape index (κ3) is 28.2. The second-order valence-electron chi connectivity index (χ2n) is 15.5. The minimum Gasteiger partial charge on any atom is -0.462 e. The van der Waals surface area contributed by atoms with Gasteiger partial charge in [0.05, 0.1) is 6.61 Å². The van der Waals surface area contributed by atoms with Crippen LogP contribution in [-0.2, 0) is 32.7 Å². The fourth-order valence-electron chi connectivity index (χ4n) is 6.39. The fourth-order valence-corrected chi connectivity index (χ4v) is 7.36. The monoisotopic (exact) mass is 871 g/mol. The van der Waals surface area contributed by atoms with Crippen molar-refractivity contribution in [3.8, 4) is 0 Å². The fraction of sp³-hybridized carbons (Fsp3) is 0.739. The third-order valence-electron chi connectivity index (χ3n) is 10.1. The van der Waals surface area contributed by atoms with Gasteiger partial charge < -0.3 is 39.9 Å². The average Bonchev–Trinajstić information content (AvgIpc) is 3.23. The van der Waals surface area contributed by atoms with Crippen LogP contribution < -0.4 is 0 Å². The molecule has 0 saturated heterocycles. The maximum atomic E-state index is 12.8. The first kappa shape index (κ1) is 55.6. The molecule has 0 aromatic rings. The van der Waals surface area contributed by atoms with Crippen molar-refractivity contribution in [3.05, 3.63) is 60.8 Å². The normalized spacial score (nSPS) is 22.7. The van der Waals surface area contributed by atoms with E-state index in [9.17, 15) is 44.6 Å². The maximum absolute atomic E-state index is 12.8. The Labute approximate surface area is 360 Å². The molecular weight excluding hydrogens is 791 g/mol. The lowest BCUT2D eigenvalue weighted by Crippen LogP contribution is -2.64. The molecule has 60 heavy (non-hydrogen) atoms. The summed E-state index contributed by atoms with van der Waals surface area (Å²) < 4.78 is 33.5. The molecule has 0 spiro atoms. The number of unbranched alkanes of at least 4 members (excludes halogenated alkanes) is 14. The number of phosphoric ester groups is 1. The van der Waals surface area contributed by atoms with Gasteiger partial charge in [0.2, 0.25) is 0 Å². The molecule has 13 nitrogen and oxygen atoms in total. The van der Waals surface area contributed by atoms with Gasteiger partial charge in [-0.25, -0.2) is 4.57 Å². The molecule has 0 aromatic carbocycles. The standard InChI is InChI=1S/C46H79O13P/c1-3-5-7-9-11-13-15-17-19-20-21-23-25-27-29-31-33-35-40(48)58-38(37-57-60(54,55)59-46-44(52)42(50)41(49)43(51)45(46)53)36-56-39(47)34-32-30-28-26-24-22-18-16-14-12-10-8-6-4-2/h7,9,13,15-16,18-20,23,25,38,41-46,49-53H,3-6,8,10-12,14,17,21-22,24,26-37H2,1-2H3,(H,54,55)/b9-7+,15-13+,18-16+,20-19+,25-23+/t38-,41?,42-,43?,44?,45?,46?/m1/s1. The number of rotatable bonds is 36. The first-order valence-electron chi connectivity index (χ1n) is 22.6. The zero-order valence-corrected chi connectivity index (χ0v) is 37.4. The molecule has 1 fully saturated rings. The number of aliphatic hydroxyl groups is 5. The first-order valence-corrected chi connectivity index (χ1v) is 24.1. The topological polar surface area (TPSA) is 210 Å². The molecule has 1 aliphatic carbocycles. The Kier molecular flexibility index (Phi) is 33.4. The number of hydrogen-bond acceptors (Lipinski definition) is 12. The van der Waals surface area contributed by atoms with E-state index in [2.05, 4.69) is 74.6 Å². The highest BCUT2D eigenvalue weighted by atomic mass is 31.2. The van der Waals surface area contributed by atoms with Crippen molar-refractivity contribution in [1.29, 1.82) is 0 Å². The smallest absolute Gasteiger partial charge is 0.462 e. The van der Waals surface area contributed by atoms with Crippen molar-refractivity contribution >= 4 is 19.8 Å². The molecule has 6 unspecified atom stereocenters. The molecule has 0 radical (unpaired) electrons. The predicted molar refractivity (Wildman–Crippen MR) is 235 cm³/mol. The Balaban J connectivity index is 2.51. The zero-order chi connectivity index (χ0) is 44.3. The van der Waals surface area contributed by atoms with Crippen LogP contribution in [0.2, 0.25) is 0 Å². The second-order valence-corrected chi connectivity index (χ2v) is 16.9. The molecule has 14 heteroatoms. The summed E-state index contributed by atoms with van der Waals surface area (Å²) in [5.74, 6) is -1.15. The first-order chi connectivity index (χ1) is 28.9. The molecule has 0 amide bonds. The van der Waals surface area contributed by atoms with Crippen molar-refractivity contribution in [2.24, 2.45) is 0 Å². The van der Waals surface area contributed by atoms with E-state index >= 15 is 0 Å². The summed E-state index contributed by atoms with van der Waals surface area (Å²) in [6.45, 7) is 3.17.